The fourth-order valence-corrected chi connectivity index (χ4v) is 2.90. The van der Waals surface area contributed by atoms with Crippen LogP contribution in [0, 0.1) is 11.3 Å². The van der Waals surface area contributed by atoms with Crippen LogP contribution in [0.25, 0.3) is 0 Å². The number of carbonyl (C=O) groups is 2. The number of methoxy groups -OCH3 is 1. The maximum absolute atomic E-state index is 12.2. The molecule has 1 aliphatic heterocycles. The lowest BCUT2D eigenvalue weighted by Gasteiger charge is -2.25. The lowest BCUT2D eigenvalue weighted by Crippen LogP contribution is -2.47. The number of hydrogen-bond donors (Lipinski definition) is 2. The summed E-state index contributed by atoms with van der Waals surface area (Å²) in [6.45, 7) is 5.30. The van der Waals surface area contributed by atoms with Crippen molar-refractivity contribution in [3.05, 3.63) is 0 Å². The number of hydrogen-bond acceptors (Lipinski definition) is 3. The fraction of sp³-hybridized carbons (Fsp3) is 0.857. The predicted octanol–water partition coefficient (Wildman–Crippen LogP) is 1.31. The summed E-state index contributed by atoms with van der Waals surface area (Å²) in [4.78, 5) is 24.8. The van der Waals surface area contributed by atoms with Crippen molar-refractivity contribution in [2.45, 2.75) is 45.3 Å². The lowest BCUT2D eigenvalue weighted by atomic mass is 9.92. The molecule has 114 valence electrons. The van der Waals surface area contributed by atoms with Crippen molar-refractivity contribution in [1.29, 1.82) is 0 Å². The molecule has 1 saturated carbocycles. The number of carboxylic acids is 1. The SMILES string of the molecule is COC1CC(C(=O)O)N(C(=O)NCC2(C(C)C)CC2)C1. The number of urea groups is 1. The van der Waals surface area contributed by atoms with Crippen molar-refractivity contribution in [2.75, 3.05) is 20.2 Å². The van der Waals surface area contributed by atoms with Crippen molar-refractivity contribution in [1.82, 2.24) is 10.2 Å². The van der Waals surface area contributed by atoms with E-state index in [-0.39, 0.29) is 17.6 Å². The number of ether oxygens (including phenoxy) is 1. The van der Waals surface area contributed by atoms with Crippen LogP contribution in [-0.2, 0) is 9.53 Å². The summed E-state index contributed by atoms with van der Waals surface area (Å²) in [6, 6.07) is -1.07. The average molecular weight is 284 g/mol. The van der Waals surface area contributed by atoms with Crippen LogP contribution in [0.2, 0.25) is 0 Å². The molecule has 0 radical (unpaired) electrons. The summed E-state index contributed by atoms with van der Waals surface area (Å²) in [6.07, 6.45) is 2.43. The Balaban J connectivity index is 1.92. The van der Waals surface area contributed by atoms with Crippen molar-refractivity contribution < 1.29 is 19.4 Å². The zero-order chi connectivity index (χ0) is 14.9. The molecule has 0 aromatic carbocycles. The van der Waals surface area contributed by atoms with Gasteiger partial charge in [0.2, 0.25) is 0 Å². The van der Waals surface area contributed by atoms with Gasteiger partial charge < -0.3 is 20.1 Å². The Labute approximate surface area is 119 Å². The number of rotatable bonds is 5. The smallest absolute Gasteiger partial charge is 0.326 e. The van der Waals surface area contributed by atoms with Gasteiger partial charge in [-0.05, 0) is 24.2 Å². The van der Waals surface area contributed by atoms with E-state index in [1.807, 2.05) is 0 Å². The molecule has 1 heterocycles. The number of likely N-dealkylation sites (tertiary alicyclic amines) is 1. The van der Waals surface area contributed by atoms with Crippen LogP contribution in [0.5, 0.6) is 0 Å². The summed E-state index contributed by atoms with van der Waals surface area (Å²) >= 11 is 0. The normalized spacial score (nSPS) is 27.7. The molecule has 6 nitrogen and oxygen atoms in total. The van der Waals surface area contributed by atoms with E-state index in [2.05, 4.69) is 19.2 Å². The maximum atomic E-state index is 12.2. The minimum atomic E-state index is -0.968. The highest BCUT2D eigenvalue weighted by molar-refractivity contribution is 5.83. The van der Waals surface area contributed by atoms with E-state index in [9.17, 15) is 14.7 Å². The Kier molecular flexibility index (Phi) is 4.22. The molecule has 2 N–H and O–H groups in total. The van der Waals surface area contributed by atoms with Gasteiger partial charge in [0.25, 0.3) is 0 Å². The fourth-order valence-electron chi connectivity index (χ4n) is 2.90. The molecule has 0 bridgehead atoms. The zero-order valence-corrected chi connectivity index (χ0v) is 12.4. The van der Waals surface area contributed by atoms with Gasteiger partial charge in [0, 0.05) is 26.6 Å². The van der Waals surface area contributed by atoms with E-state index in [1.165, 1.54) is 4.90 Å². The second-order valence-corrected chi connectivity index (χ2v) is 6.28. The molecular formula is C14H24N2O4. The first-order valence-corrected chi connectivity index (χ1v) is 7.19. The van der Waals surface area contributed by atoms with Crippen LogP contribution in [0.1, 0.15) is 33.1 Å². The Hall–Kier alpha value is -1.30. The first-order chi connectivity index (χ1) is 9.39. The van der Waals surface area contributed by atoms with Gasteiger partial charge in [0.1, 0.15) is 6.04 Å². The molecule has 2 rings (SSSR count). The number of carbonyl (C=O) groups excluding carboxylic acids is 1. The molecule has 0 aromatic heterocycles. The van der Waals surface area contributed by atoms with Crippen LogP contribution >= 0.6 is 0 Å². The average Bonchev–Trinajstić information content (AvgIpc) is 3.07. The second-order valence-electron chi connectivity index (χ2n) is 6.28. The molecule has 2 aliphatic rings. The highest BCUT2D eigenvalue weighted by atomic mass is 16.5. The summed E-state index contributed by atoms with van der Waals surface area (Å²) in [5.41, 5.74) is 0.217. The first-order valence-electron chi connectivity index (χ1n) is 7.19. The highest BCUT2D eigenvalue weighted by Gasteiger charge is 2.46. The summed E-state index contributed by atoms with van der Waals surface area (Å²) < 4.78 is 5.18. The van der Waals surface area contributed by atoms with Gasteiger partial charge in [-0.3, -0.25) is 0 Å². The topological polar surface area (TPSA) is 78.9 Å². The van der Waals surface area contributed by atoms with E-state index < -0.39 is 12.0 Å². The second kappa shape index (κ2) is 5.60. The molecule has 0 aromatic rings. The number of carboxylic acid groups (broad SMARTS) is 1. The maximum Gasteiger partial charge on any atom is 0.326 e. The number of nitrogens with one attached hydrogen (secondary N) is 1. The Morgan fingerprint density at radius 2 is 2.10 bits per heavy atom. The molecular weight excluding hydrogens is 260 g/mol. The van der Waals surface area contributed by atoms with E-state index >= 15 is 0 Å². The number of amides is 2. The third-order valence-corrected chi connectivity index (χ3v) is 4.85. The molecule has 6 heteroatoms. The number of aliphatic carboxylic acids is 1. The molecule has 2 amide bonds. The van der Waals surface area contributed by atoms with Crippen LogP contribution in [0.15, 0.2) is 0 Å². The monoisotopic (exact) mass is 284 g/mol. The van der Waals surface area contributed by atoms with Crippen LogP contribution in [-0.4, -0.2) is 54.4 Å². The van der Waals surface area contributed by atoms with Gasteiger partial charge >= 0.3 is 12.0 Å². The van der Waals surface area contributed by atoms with Gasteiger partial charge in [0.05, 0.1) is 6.10 Å². The zero-order valence-electron chi connectivity index (χ0n) is 12.4. The molecule has 1 saturated heterocycles. The summed E-state index contributed by atoms with van der Waals surface area (Å²) in [7, 11) is 1.54. The van der Waals surface area contributed by atoms with Gasteiger partial charge in [-0.15, -0.1) is 0 Å². The minimum absolute atomic E-state index is 0.193. The molecule has 2 unspecified atom stereocenters. The Morgan fingerprint density at radius 3 is 2.55 bits per heavy atom. The first kappa shape index (κ1) is 15.1. The summed E-state index contributed by atoms with van der Waals surface area (Å²) in [5.74, 6) is -0.437. The van der Waals surface area contributed by atoms with Gasteiger partial charge in [-0.1, -0.05) is 13.8 Å². The predicted molar refractivity (Wildman–Crippen MR) is 73.4 cm³/mol. The Morgan fingerprint density at radius 1 is 1.45 bits per heavy atom. The van der Waals surface area contributed by atoms with Gasteiger partial charge in [-0.2, -0.15) is 0 Å². The van der Waals surface area contributed by atoms with Gasteiger partial charge in [0.15, 0.2) is 0 Å². The minimum Gasteiger partial charge on any atom is -0.480 e. The van der Waals surface area contributed by atoms with Crippen LogP contribution < -0.4 is 5.32 Å². The standard InChI is InChI=1S/C14H24N2O4/c1-9(2)14(4-5-14)8-15-13(19)16-7-10(20-3)6-11(16)12(17)18/h9-11H,4-8H2,1-3H3,(H,15,19)(H,17,18). The van der Waals surface area contributed by atoms with Crippen LogP contribution in [0.3, 0.4) is 0 Å². The van der Waals surface area contributed by atoms with Crippen LogP contribution in [0.4, 0.5) is 4.79 Å². The van der Waals surface area contributed by atoms with Crippen molar-refractivity contribution in [3.8, 4) is 0 Å². The number of nitrogens with zero attached hydrogens (tertiary/aromatic N) is 1. The quantitative estimate of drug-likeness (QED) is 0.797. The highest BCUT2D eigenvalue weighted by Crippen LogP contribution is 2.51. The molecule has 0 spiro atoms. The third-order valence-electron chi connectivity index (χ3n) is 4.85. The molecule has 20 heavy (non-hydrogen) atoms. The van der Waals surface area contributed by atoms with Crippen molar-refractivity contribution >= 4 is 12.0 Å². The van der Waals surface area contributed by atoms with E-state index in [0.717, 1.165) is 12.8 Å². The largest absolute Gasteiger partial charge is 0.480 e. The van der Waals surface area contributed by atoms with E-state index in [1.54, 1.807) is 7.11 Å². The van der Waals surface area contributed by atoms with Crippen molar-refractivity contribution in [2.24, 2.45) is 11.3 Å². The third kappa shape index (κ3) is 2.90. The van der Waals surface area contributed by atoms with Crippen molar-refractivity contribution in [3.63, 3.8) is 0 Å². The van der Waals surface area contributed by atoms with Gasteiger partial charge in [-0.25, -0.2) is 9.59 Å². The molecule has 2 fully saturated rings. The van der Waals surface area contributed by atoms with E-state index in [4.69, 9.17) is 4.74 Å². The van der Waals surface area contributed by atoms with E-state index in [0.29, 0.717) is 25.4 Å². The summed E-state index contributed by atoms with van der Waals surface area (Å²) in [5, 5.41) is 12.1. The lowest BCUT2D eigenvalue weighted by molar-refractivity contribution is -0.141. The Bertz CT molecular complexity index is 393. The molecule has 1 aliphatic carbocycles. The molecule has 2 atom stereocenters.